The summed E-state index contributed by atoms with van der Waals surface area (Å²) < 4.78 is 0. The second-order valence-electron chi connectivity index (χ2n) is 1.95. The van der Waals surface area contributed by atoms with Gasteiger partial charge in [0.05, 0.1) is 0 Å². The fourth-order valence-electron chi connectivity index (χ4n) is 0.847. The molecule has 0 aromatic carbocycles. The zero-order valence-corrected chi connectivity index (χ0v) is 5.53. The number of allylic oxidation sites excluding steroid dienone is 1. The van der Waals surface area contributed by atoms with Crippen molar-refractivity contribution in [3.05, 3.63) is 12.2 Å². The van der Waals surface area contributed by atoms with E-state index in [9.17, 15) is 0 Å². The summed E-state index contributed by atoms with van der Waals surface area (Å²) in [4.78, 5) is 0. The molecule has 0 aromatic rings. The van der Waals surface area contributed by atoms with Crippen LogP contribution < -0.4 is 0 Å². The molecule has 1 atom stereocenters. The van der Waals surface area contributed by atoms with Gasteiger partial charge < -0.3 is 5.11 Å². The third-order valence-electron chi connectivity index (χ3n) is 1.35. The van der Waals surface area contributed by atoms with E-state index in [1.165, 1.54) is 0 Å². The maximum Gasteiger partial charge on any atom is 0.0493 e. The number of aliphatic hydroxyl groups excluding tert-OH is 1. The van der Waals surface area contributed by atoms with Gasteiger partial charge in [-0.3, -0.25) is 0 Å². The quantitative estimate of drug-likeness (QED) is 0.537. The molecular formula is C6H11ClO. The van der Waals surface area contributed by atoms with Gasteiger partial charge in [-0.15, -0.1) is 12.4 Å². The first-order valence-electron chi connectivity index (χ1n) is 2.71. The molecule has 0 spiro atoms. The Morgan fingerprint density at radius 3 is 2.62 bits per heavy atom. The van der Waals surface area contributed by atoms with E-state index >= 15 is 0 Å². The average Bonchev–Trinajstić information content (AvgIpc) is 2.14. The van der Waals surface area contributed by atoms with Crippen molar-refractivity contribution in [3.8, 4) is 0 Å². The highest BCUT2D eigenvalue weighted by Crippen LogP contribution is 2.14. The SMILES string of the molecule is Cl.OCC1C=CCC1. The third-order valence-corrected chi connectivity index (χ3v) is 1.35. The van der Waals surface area contributed by atoms with Crippen molar-refractivity contribution >= 4 is 12.4 Å². The van der Waals surface area contributed by atoms with Crippen molar-refractivity contribution in [1.29, 1.82) is 0 Å². The molecule has 1 nitrogen and oxygen atoms in total. The normalized spacial score (nSPS) is 25.4. The van der Waals surface area contributed by atoms with Gasteiger partial charge in [0.1, 0.15) is 0 Å². The maximum absolute atomic E-state index is 8.51. The van der Waals surface area contributed by atoms with Crippen molar-refractivity contribution < 1.29 is 5.11 Å². The first-order valence-corrected chi connectivity index (χ1v) is 2.71. The fourth-order valence-corrected chi connectivity index (χ4v) is 0.847. The highest BCUT2D eigenvalue weighted by Gasteiger charge is 2.05. The molecular weight excluding hydrogens is 124 g/mol. The van der Waals surface area contributed by atoms with Gasteiger partial charge in [0.25, 0.3) is 0 Å². The van der Waals surface area contributed by atoms with Crippen molar-refractivity contribution in [2.24, 2.45) is 5.92 Å². The fraction of sp³-hybridized carbons (Fsp3) is 0.667. The second kappa shape index (κ2) is 3.93. The van der Waals surface area contributed by atoms with Crippen LogP contribution in [0.2, 0.25) is 0 Å². The summed E-state index contributed by atoms with van der Waals surface area (Å²) in [5, 5.41) is 8.51. The summed E-state index contributed by atoms with van der Waals surface area (Å²) in [6, 6.07) is 0. The van der Waals surface area contributed by atoms with Crippen LogP contribution in [-0.2, 0) is 0 Å². The van der Waals surface area contributed by atoms with Crippen LogP contribution in [-0.4, -0.2) is 11.7 Å². The van der Waals surface area contributed by atoms with E-state index in [0.717, 1.165) is 12.8 Å². The minimum Gasteiger partial charge on any atom is -0.396 e. The monoisotopic (exact) mass is 134 g/mol. The molecule has 1 aliphatic carbocycles. The molecule has 8 heavy (non-hydrogen) atoms. The Balaban J connectivity index is 0.000000490. The van der Waals surface area contributed by atoms with E-state index in [0.29, 0.717) is 12.5 Å². The summed E-state index contributed by atoms with van der Waals surface area (Å²) in [7, 11) is 0. The van der Waals surface area contributed by atoms with Gasteiger partial charge in [0.2, 0.25) is 0 Å². The molecule has 0 saturated carbocycles. The van der Waals surface area contributed by atoms with Crippen LogP contribution in [0.25, 0.3) is 0 Å². The first-order chi connectivity index (χ1) is 3.43. The van der Waals surface area contributed by atoms with Crippen LogP contribution in [0, 0.1) is 5.92 Å². The van der Waals surface area contributed by atoms with Gasteiger partial charge in [-0.1, -0.05) is 12.2 Å². The number of hydrogen-bond acceptors (Lipinski definition) is 1. The summed E-state index contributed by atoms with van der Waals surface area (Å²) >= 11 is 0. The molecule has 1 unspecified atom stereocenters. The molecule has 0 heterocycles. The van der Waals surface area contributed by atoms with E-state index < -0.39 is 0 Å². The van der Waals surface area contributed by atoms with Gasteiger partial charge in [0.15, 0.2) is 0 Å². The predicted octanol–water partition coefficient (Wildman–Crippen LogP) is 1.37. The molecule has 0 saturated heterocycles. The molecule has 1 N–H and O–H groups in total. The summed E-state index contributed by atoms with van der Waals surface area (Å²) in [6.07, 6.45) is 6.52. The number of hydrogen-bond donors (Lipinski definition) is 1. The smallest absolute Gasteiger partial charge is 0.0493 e. The molecule has 1 rings (SSSR count). The van der Waals surface area contributed by atoms with Crippen LogP contribution in [0.4, 0.5) is 0 Å². The zero-order valence-electron chi connectivity index (χ0n) is 4.71. The molecule has 48 valence electrons. The molecule has 0 radical (unpaired) electrons. The molecule has 0 bridgehead atoms. The Bertz CT molecular complexity index is 80.6. The molecule has 0 fully saturated rings. The number of halogens is 1. The summed E-state index contributed by atoms with van der Waals surface area (Å²) in [5.74, 6) is 0.472. The Labute approximate surface area is 55.8 Å². The van der Waals surface area contributed by atoms with Crippen molar-refractivity contribution in [2.75, 3.05) is 6.61 Å². The van der Waals surface area contributed by atoms with E-state index in [1.807, 2.05) is 0 Å². The largest absolute Gasteiger partial charge is 0.396 e. The minimum absolute atomic E-state index is 0. The number of aliphatic hydroxyl groups is 1. The van der Waals surface area contributed by atoms with Crippen LogP contribution in [0.1, 0.15) is 12.8 Å². The van der Waals surface area contributed by atoms with Crippen LogP contribution in [0.15, 0.2) is 12.2 Å². The highest BCUT2D eigenvalue weighted by atomic mass is 35.5. The van der Waals surface area contributed by atoms with E-state index in [4.69, 9.17) is 5.11 Å². The second-order valence-corrected chi connectivity index (χ2v) is 1.95. The lowest BCUT2D eigenvalue weighted by Crippen LogP contribution is -1.96. The average molecular weight is 135 g/mol. The zero-order chi connectivity index (χ0) is 5.11. The standard InChI is InChI=1S/C6H10O.ClH/c7-5-6-3-1-2-4-6;/h1,3,6-7H,2,4-5H2;1H. The van der Waals surface area contributed by atoms with Crippen molar-refractivity contribution in [1.82, 2.24) is 0 Å². The maximum atomic E-state index is 8.51. The Kier molecular flexibility index (Phi) is 3.92. The third kappa shape index (κ3) is 1.85. The van der Waals surface area contributed by atoms with E-state index in [1.54, 1.807) is 0 Å². The predicted molar refractivity (Wildman–Crippen MR) is 36.2 cm³/mol. The lowest BCUT2D eigenvalue weighted by Gasteiger charge is -1.97. The first kappa shape index (κ1) is 7.99. The van der Waals surface area contributed by atoms with Gasteiger partial charge in [-0.25, -0.2) is 0 Å². The lowest BCUT2D eigenvalue weighted by molar-refractivity contribution is 0.251. The Morgan fingerprint density at radius 2 is 2.38 bits per heavy atom. The highest BCUT2D eigenvalue weighted by molar-refractivity contribution is 5.85. The molecule has 0 aromatic heterocycles. The van der Waals surface area contributed by atoms with Crippen LogP contribution in [0.3, 0.4) is 0 Å². The summed E-state index contributed by atoms with van der Waals surface area (Å²) in [6.45, 7) is 0.330. The number of rotatable bonds is 1. The van der Waals surface area contributed by atoms with Gasteiger partial charge in [-0.05, 0) is 12.8 Å². The van der Waals surface area contributed by atoms with E-state index in [2.05, 4.69) is 12.2 Å². The lowest BCUT2D eigenvalue weighted by atomic mass is 10.1. The molecule has 0 amide bonds. The molecule has 1 aliphatic rings. The van der Waals surface area contributed by atoms with Gasteiger partial charge in [0, 0.05) is 12.5 Å². The Hall–Kier alpha value is -0.0100. The van der Waals surface area contributed by atoms with Crippen LogP contribution >= 0.6 is 12.4 Å². The van der Waals surface area contributed by atoms with Crippen molar-refractivity contribution in [3.63, 3.8) is 0 Å². The topological polar surface area (TPSA) is 20.2 Å². The van der Waals surface area contributed by atoms with Crippen molar-refractivity contribution in [2.45, 2.75) is 12.8 Å². The molecule has 0 aliphatic heterocycles. The van der Waals surface area contributed by atoms with Gasteiger partial charge in [-0.2, -0.15) is 0 Å². The Morgan fingerprint density at radius 1 is 1.62 bits per heavy atom. The minimum atomic E-state index is 0. The van der Waals surface area contributed by atoms with Gasteiger partial charge >= 0.3 is 0 Å². The molecule has 2 heteroatoms. The van der Waals surface area contributed by atoms with Crippen LogP contribution in [0.5, 0.6) is 0 Å². The summed E-state index contributed by atoms with van der Waals surface area (Å²) in [5.41, 5.74) is 0. The van der Waals surface area contributed by atoms with E-state index in [-0.39, 0.29) is 12.4 Å².